The molecule has 0 aromatic heterocycles. The molecule has 5 rings (SSSR count). The predicted octanol–water partition coefficient (Wildman–Crippen LogP) is 2.49. The van der Waals surface area contributed by atoms with Gasteiger partial charge in [0.1, 0.15) is 5.82 Å². The first-order chi connectivity index (χ1) is 15.7. The molecule has 3 N–H and O–H groups in total. The van der Waals surface area contributed by atoms with Crippen LogP contribution in [0.15, 0.2) is 42.5 Å². The number of benzene rings is 2. The third kappa shape index (κ3) is 4.01. The smallest absolute Gasteiger partial charge is 0.243 e. The summed E-state index contributed by atoms with van der Waals surface area (Å²) >= 11 is 0. The summed E-state index contributed by atoms with van der Waals surface area (Å²) in [6.07, 6.45) is 0.295. The summed E-state index contributed by atoms with van der Waals surface area (Å²) < 4.78 is 14.6. The molecule has 0 radical (unpaired) electrons. The summed E-state index contributed by atoms with van der Waals surface area (Å²) in [6, 6.07) is 13.3. The van der Waals surface area contributed by atoms with Crippen molar-refractivity contribution in [1.29, 1.82) is 0 Å². The van der Waals surface area contributed by atoms with Crippen LogP contribution in [0.1, 0.15) is 37.4 Å². The molecule has 3 saturated heterocycles. The molecule has 3 atom stereocenters. The molecule has 0 saturated carbocycles. The van der Waals surface area contributed by atoms with E-state index in [1.165, 1.54) is 16.8 Å². The predicted molar refractivity (Wildman–Crippen MR) is 128 cm³/mol. The highest BCUT2D eigenvalue weighted by molar-refractivity contribution is 5.94. The van der Waals surface area contributed by atoms with Gasteiger partial charge in [-0.1, -0.05) is 24.3 Å². The summed E-state index contributed by atoms with van der Waals surface area (Å²) in [5.41, 5.74) is 13.4. The molecule has 0 spiro atoms. The number of fused-ring (bicyclic) bond motifs is 1. The summed E-state index contributed by atoms with van der Waals surface area (Å²) in [5.74, 6) is -0.545. The van der Waals surface area contributed by atoms with Gasteiger partial charge in [-0.2, -0.15) is 0 Å². The third-order valence-electron chi connectivity index (χ3n) is 7.48. The molecule has 2 aromatic rings. The van der Waals surface area contributed by atoms with Crippen LogP contribution in [-0.2, 0) is 4.79 Å². The second-order valence-corrected chi connectivity index (χ2v) is 10.1. The van der Waals surface area contributed by atoms with Crippen LogP contribution in [0.2, 0.25) is 0 Å². The van der Waals surface area contributed by atoms with Gasteiger partial charge in [0.15, 0.2) is 0 Å². The first-order valence-corrected chi connectivity index (χ1v) is 11.7. The number of carbonyl (C=O) groups excluding carboxylic acids is 1. The first kappa shape index (κ1) is 22.3. The van der Waals surface area contributed by atoms with E-state index in [-0.39, 0.29) is 29.6 Å². The average Bonchev–Trinajstić information content (AvgIpc) is 3.18. The summed E-state index contributed by atoms with van der Waals surface area (Å²) in [5, 5.41) is 1.40. The van der Waals surface area contributed by atoms with Crippen LogP contribution in [0.4, 0.5) is 15.8 Å². The molecule has 176 valence electrons. The molecule has 3 heterocycles. The lowest BCUT2D eigenvalue weighted by atomic mass is 9.93. The molecular formula is C25H33FN6O. The zero-order valence-electron chi connectivity index (χ0n) is 19.7. The molecule has 3 aliphatic heterocycles. The maximum atomic E-state index is 14.6. The maximum Gasteiger partial charge on any atom is 0.243 e. The van der Waals surface area contributed by atoms with E-state index in [0.29, 0.717) is 12.1 Å². The number of hydrogen-bond donors (Lipinski definition) is 3. The van der Waals surface area contributed by atoms with Gasteiger partial charge in [0.2, 0.25) is 5.91 Å². The number of nitrogens with one attached hydrogen (secondary N) is 3. The van der Waals surface area contributed by atoms with Crippen molar-refractivity contribution >= 4 is 17.3 Å². The van der Waals surface area contributed by atoms with E-state index in [0.717, 1.165) is 30.8 Å². The first-order valence-electron chi connectivity index (χ1n) is 11.7. The summed E-state index contributed by atoms with van der Waals surface area (Å²) in [7, 11) is 2.18. The largest absolute Gasteiger partial charge is 0.368 e. The molecular weight excluding hydrogens is 419 g/mol. The Morgan fingerprint density at radius 3 is 2.52 bits per heavy atom. The van der Waals surface area contributed by atoms with Gasteiger partial charge in [-0.05, 0) is 57.1 Å². The van der Waals surface area contributed by atoms with Crippen LogP contribution in [0.5, 0.6) is 0 Å². The Labute approximate surface area is 194 Å². The van der Waals surface area contributed by atoms with Gasteiger partial charge in [-0.25, -0.2) is 20.3 Å². The van der Waals surface area contributed by atoms with Gasteiger partial charge >= 0.3 is 0 Å². The van der Waals surface area contributed by atoms with Crippen LogP contribution < -0.4 is 26.2 Å². The summed E-state index contributed by atoms with van der Waals surface area (Å²) in [6.45, 7) is 9.41. The fourth-order valence-corrected chi connectivity index (χ4v) is 5.19. The number of rotatable bonds is 3. The quantitative estimate of drug-likeness (QED) is 0.665. The Kier molecular flexibility index (Phi) is 5.64. The second-order valence-electron chi connectivity index (χ2n) is 10.1. The molecule has 0 aliphatic carbocycles. The summed E-state index contributed by atoms with van der Waals surface area (Å²) in [4.78, 5) is 17.6. The van der Waals surface area contributed by atoms with E-state index >= 15 is 0 Å². The maximum absolute atomic E-state index is 14.6. The topological polar surface area (TPSA) is 62.9 Å². The number of carbonyl (C=O) groups is 1. The highest BCUT2D eigenvalue weighted by Crippen LogP contribution is 2.33. The van der Waals surface area contributed by atoms with Crippen molar-refractivity contribution in [1.82, 2.24) is 21.2 Å². The number of para-hydroxylation sites is 1. The second kappa shape index (κ2) is 8.36. The van der Waals surface area contributed by atoms with Crippen molar-refractivity contribution in [2.24, 2.45) is 0 Å². The number of nitrogens with zero attached hydrogens (tertiary/aromatic N) is 3. The molecule has 3 unspecified atom stereocenters. The standard InChI is InChI=1S/C25H33FN6O/c1-16-6-5-7-19(26)24(16)32-21(33)14-20-23(29-32)22(28-27-20)17-8-10-18(11-9-17)31-13-12-30(4)25(2,3)15-31/h5-11,20,22-23,27-29H,12-15H2,1-4H3. The minimum atomic E-state index is -0.399. The zero-order chi connectivity index (χ0) is 23.3. The Bertz CT molecular complexity index is 1020. The minimum Gasteiger partial charge on any atom is -0.368 e. The van der Waals surface area contributed by atoms with Gasteiger partial charge in [0.25, 0.3) is 0 Å². The Hall–Kier alpha value is -2.52. The van der Waals surface area contributed by atoms with E-state index in [1.807, 2.05) is 13.0 Å². The molecule has 3 aliphatic rings. The molecule has 33 heavy (non-hydrogen) atoms. The SMILES string of the molecule is Cc1cccc(F)c1N1NC2C(CC1=O)NNC2c1ccc(N2CCN(C)C(C)(C)C2)cc1. The van der Waals surface area contributed by atoms with E-state index < -0.39 is 5.82 Å². The van der Waals surface area contributed by atoms with Crippen molar-refractivity contribution < 1.29 is 9.18 Å². The monoisotopic (exact) mass is 452 g/mol. The van der Waals surface area contributed by atoms with Crippen molar-refractivity contribution in [2.75, 3.05) is 36.6 Å². The molecule has 2 aromatic carbocycles. The van der Waals surface area contributed by atoms with Gasteiger partial charge in [0, 0.05) is 43.3 Å². The zero-order valence-corrected chi connectivity index (χ0v) is 19.7. The van der Waals surface area contributed by atoms with Crippen LogP contribution in [-0.4, -0.2) is 55.1 Å². The Balaban J connectivity index is 1.35. The van der Waals surface area contributed by atoms with Crippen molar-refractivity contribution in [2.45, 2.75) is 50.9 Å². The number of hydrogen-bond acceptors (Lipinski definition) is 6. The number of likely N-dealkylation sites (N-methyl/N-ethyl adjacent to an activating group) is 1. The van der Waals surface area contributed by atoms with E-state index in [1.54, 1.807) is 6.07 Å². The number of amides is 1. The lowest BCUT2D eigenvalue weighted by molar-refractivity contribution is -0.121. The molecule has 0 bridgehead atoms. The number of anilines is 2. The minimum absolute atomic E-state index is 0.0457. The van der Waals surface area contributed by atoms with E-state index in [9.17, 15) is 9.18 Å². The fraction of sp³-hybridized carbons (Fsp3) is 0.480. The number of piperazine rings is 1. The number of aryl methyl sites for hydroxylation is 1. The van der Waals surface area contributed by atoms with Gasteiger partial charge in [-0.3, -0.25) is 15.1 Å². The number of hydrazine groups is 2. The van der Waals surface area contributed by atoms with Crippen LogP contribution in [0.3, 0.4) is 0 Å². The van der Waals surface area contributed by atoms with Crippen LogP contribution in [0.25, 0.3) is 0 Å². The molecule has 1 amide bonds. The molecule has 8 heteroatoms. The Morgan fingerprint density at radius 1 is 1.06 bits per heavy atom. The van der Waals surface area contributed by atoms with Crippen molar-refractivity contribution in [3.05, 3.63) is 59.4 Å². The lowest BCUT2D eigenvalue weighted by Gasteiger charge is -2.46. The van der Waals surface area contributed by atoms with Crippen LogP contribution >= 0.6 is 0 Å². The highest BCUT2D eigenvalue weighted by atomic mass is 19.1. The molecule has 3 fully saturated rings. The fourth-order valence-electron chi connectivity index (χ4n) is 5.19. The van der Waals surface area contributed by atoms with Gasteiger partial charge < -0.3 is 4.90 Å². The Morgan fingerprint density at radius 2 is 1.82 bits per heavy atom. The van der Waals surface area contributed by atoms with Gasteiger partial charge in [0.05, 0.1) is 17.8 Å². The third-order valence-corrected chi connectivity index (χ3v) is 7.48. The van der Waals surface area contributed by atoms with Crippen molar-refractivity contribution in [3.8, 4) is 0 Å². The molecule has 7 nitrogen and oxygen atoms in total. The van der Waals surface area contributed by atoms with Crippen molar-refractivity contribution in [3.63, 3.8) is 0 Å². The van der Waals surface area contributed by atoms with E-state index in [4.69, 9.17) is 0 Å². The normalized spacial score (nSPS) is 27.7. The average molecular weight is 453 g/mol. The number of halogens is 1. The lowest BCUT2D eigenvalue weighted by Crippen LogP contribution is -2.60. The van der Waals surface area contributed by atoms with Gasteiger partial charge in [-0.15, -0.1) is 0 Å². The van der Waals surface area contributed by atoms with Crippen LogP contribution in [0, 0.1) is 12.7 Å². The van der Waals surface area contributed by atoms with E-state index in [2.05, 4.69) is 71.2 Å². The highest BCUT2D eigenvalue weighted by Gasteiger charge is 2.44.